The van der Waals surface area contributed by atoms with Crippen molar-refractivity contribution in [2.75, 3.05) is 23.3 Å². The number of primary amides is 1. The van der Waals surface area contributed by atoms with E-state index < -0.39 is 23.8 Å². The molecule has 1 fully saturated rings. The summed E-state index contributed by atoms with van der Waals surface area (Å²) in [5.41, 5.74) is 7.54. The molecule has 4 rings (SSSR count). The van der Waals surface area contributed by atoms with E-state index in [9.17, 15) is 18.4 Å². The van der Waals surface area contributed by atoms with Gasteiger partial charge in [-0.05, 0) is 23.8 Å². The lowest BCUT2D eigenvalue weighted by atomic mass is 9.95. The predicted molar refractivity (Wildman–Crippen MR) is 142 cm³/mol. The number of fused-ring (bicyclic) bond motifs is 1. The maximum absolute atomic E-state index is 13.9. The molecule has 0 unspecified atom stereocenters. The molecule has 8 nitrogen and oxygen atoms in total. The van der Waals surface area contributed by atoms with Crippen LogP contribution in [-0.4, -0.2) is 40.4 Å². The zero-order valence-corrected chi connectivity index (χ0v) is 22.4. The number of anilines is 3. The fourth-order valence-corrected chi connectivity index (χ4v) is 4.67. The van der Waals surface area contributed by atoms with Gasteiger partial charge in [0, 0.05) is 32.0 Å². The van der Waals surface area contributed by atoms with Gasteiger partial charge in [0.25, 0.3) is 11.8 Å². The van der Waals surface area contributed by atoms with Crippen LogP contribution in [0.3, 0.4) is 0 Å². The molecule has 1 aliphatic heterocycles. The first-order valence-corrected chi connectivity index (χ1v) is 12.4. The zero-order valence-electron chi connectivity index (χ0n) is 20.9. The van der Waals surface area contributed by atoms with Gasteiger partial charge < -0.3 is 25.8 Å². The highest BCUT2D eigenvalue weighted by molar-refractivity contribution is 6.39. The van der Waals surface area contributed by atoms with Crippen molar-refractivity contribution < 1.29 is 18.4 Å². The van der Waals surface area contributed by atoms with Gasteiger partial charge in [0.05, 0.1) is 44.6 Å². The fourth-order valence-electron chi connectivity index (χ4n) is 4.14. The summed E-state index contributed by atoms with van der Waals surface area (Å²) in [6.45, 7) is 5.25. The Morgan fingerprint density at radius 3 is 2.51 bits per heavy atom. The molecule has 1 aliphatic rings. The minimum Gasteiger partial charge on any atom is -0.366 e. The number of rotatable bonds is 6. The monoisotopic (exact) mass is 552 g/mol. The highest BCUT2D eigenvalue weighted by Crippen LogP contribution is 2.38. The lowest BCUT2D eigenvalue weighted by Crippen LogP contribution is -2.34. The Kier molecular flexibility index (Phi) is 7.02. The van der Waals surface area contributed by atoms with Crippen molar-refractivity contribution in [3.63, 3.8) is 0 Å². The third-order valence-corrected chi connectivity index (χ3v) is 7.05. The smallest absolute Gasteiger partial charge is 0.266 e. The second-order valence-corrected chi connectivity index (χ2v) is 11.0. The third kappa shape index (κ3) is 5.45. The van der Waals surface area contributed by atoms with E-state index >= 15 is 0 Å². The van der Waals surface area contributed by atoms with Crippen molar-refractivity contribution in [3.8, 4) is 0 Å². The topological polar surface area (TPSA) is 105 Å². The van der Waals surface area contributed by atoms with Gasteiger partial charge in [0.15, 0.2) is 0 Å². The van der Waals surface area contributed by atoms with Gasteiger partial charge in [-0.3, -0.25) is 9.59 Å². The first-order chi connectivity index (χ1) is 17.2. The van der Waals surface area contributed by atoms with Crippen molar-refractivity contribution in [1.82, 2.24) is 14.9 Å². The maximum atomic E-state index is 13.9. The average molecular weight is 553 g/mol. The molecule has 37 heavy (non-hydrogen) atoms. The van der Waals surface area contributed by atoms with Crippen molar-refractivity contribution >= 4 is 63.4 Å². The SMILES string of the molecule is Cn1c(Nc2c(Cl)ccc(CNC(=O)C(C)(C)C)c2Cl)nc2cc(C(N)=O)c(N3CCC(F)(F)C3)cc21. The number of alkyl halides is 2. The van der Waals surface area contributed by atoms with E-state index in [1.807, 2.05) is 20.8 Å². The number of aromatic nitrogens is 2. The number of halogens is 4. The number of benzene rings is 2. The second kappa shape index (κ2) is 9.64. The Labute approximate surface area is 223 Å². The molecule has 0 aliphatic carbocycles. The highest BCUT2D eigenvalue weighted by Gasteiger charge is 2.39. The Bertz CT molecular complexity index is 1400. The number of carbonyl (C=O) groups is 2. The van der Waals surface area contributed by atoms with Crippen molar-refractivity contribution in [2.45, 2.75) is 39.7 Å². The molecule has 0 bridgehead atoms. The van der Waals surface area contributed by atoms with Gasteiger partial charge in [-0.15, -0.1) is 0 Å². The first kappa shape index (κ1) is 26.9. The quantitative estimate of drug-likeness (QED) is 0.388. The number of aryl methyl sites for hydroxylation is 1. The largest absolute Gasteiger partial charge is 0.366 e. The van der Waals surface area contributed by atoms with Crippen LogP contribution in [0.1, 0.15) is 43.1 Å². The Balaban J connectivity index is 1.69. The lowest BCUT2D eigenvalue weighted by Gasteiger charge is -2.21. The first-order valence-electron chi connectivity index (χ1n) is 11.6. The number of nitrogens with zero attached hydrogens (tertiary/aromatic N) is 3. The van der Waals surface area contributed by atoms with Crippen LogP contribution in [0.25, 0.3) is 11.0 Å². The van der Waals surface area contributed by atoms with Crippen molar-refractivity contribution in [2.24, 2.45) is 18.2 Å². The predicted octanol–water partition coefficient (Wildman–Crippen LogP) is 5.23. The molecular weight excluding hydrogens is 525 g/mol. The van der Waals surface area contributed by atoms with E-state index in [2.05, 4.69) is 15.6 Å². The molecule has 4 N–H and O–H groups in total. The van der Waals surface area contributed by atoms with Gasteiger partial charge in [-0.1, -0.05) is 50.0 Å². The highest BCUT2D eigenvalue weighted by atomic mass is 35.5. The molecule has 0 atom stereocenters. The lowest BCUT2D eigenvalue weighted by molar-refractivity contribution is -0.128. The van der Waals surface area contributed by atoms with Crippen LogP contribution in [0.4, 0.5) is 26.1 Å². The standard InChI is InChI=1S/C25H28Cl2F2N6O2/c1-24(2,3)22(37)31-11-13-5-6-15(26)20(19(13)27)33-23-32-16-9-14(21(30)36)17(10-18(16)34(23)4)35-8-7-25(28,29)12-35/h5-6,9-10H,7-8,11-12H2,1-4H3,(H2,30,36)(H,31,37)(H,32,33). The number of hydrogen-bond acceptors (Lipinski definition) is 5. The van der Waals surface area contributed by atoms with Crippen LogP contribution >= 0.6 is 23.2 Å². The molecule has 198 valence electrons. The number of nitrogens with one attached hydrogen (secondary N) is 2. The summed E-state index contributed by atoms with van der Waals surface area (Å²) in [7, 11) is 1.74. The van der Waals surface area contributed by atoms with Gasteiger partial charge in [0.1, 0.15) is 0 Å². The summed E-state index contributed by atoms with van der Waals surface area (Å²) >= 11 is 13.1. The summed E-state index contributed by atoms with van der Waals surface area (Å²) in [6.07, 6.45) is -0.301. The minimum atomic E-state index is -2.84. The minimum absolute atomic E-state index is 0.103. The molecule has 2 heterocycles. The molecule has 3 aromatic rings. The number of nitrogens with two attached hydrogens (primary N) is 1. The van der Waals surface area contributed by atoms with Gasteiger partial charge >= 0.3 is 0 Å². The molecular formula is C25H28Cl2F2N6O2. The second-order valence-electron chi connectivity index (χ2n) is 10.2. The zero-order chi connectivity index (χ0) is 27.3. The van der Waals surface area contributed by atoms with Crippen LogP contribution in [0.2, 0.25) is 10.0 Å². The third-order valence-electron chi connectivity index (χ3n) is 6.30. The summed E-state index contributed by atoms with van der Waals surface area (Å²) in [4.78, 5) is 30.5. The molecule has 12 heteroatoms. The molecule has 0 radical (unpaired) electrons. The summed E-state index contributed by atoms with van der Waals surface area (Å²) in [6, 6.07) is 6.52. The number of hydrogen-bond donors (Lipinski definition) is 3. The van der Waals surface area contributed by atoms with E-state index in [0.717, 1.165) is 0 Å². The molecule has 0 spiro atoms. The average Bonchev–Trinajstić information content (AvgIpc) is 3.32. The van der Waals surface area contributed by atoms with E-state index in [1.54, 1.807) is 29.8 Å². The Hall–Kier alpha value is -3.11. The summed E-state index contributed by atoms with van der Waals surface area (Å²) in [5, 5.41) is 6.64. The molecule has 1 aromatic heterocycles. The Morgan fingerprint density at radius 2 is 1.92 bits per heavy atom. The van der Waals surface area contributed by atoms with E-state index in [-0.39, 0.29) is 31.0 Å². The normalized spacial score (nSPS) is 15.3. The van der Waals surface area contributed by atoms with Crippen molar-refractivity contribution in [3.05, 3.63) is 45.4 Å². The fraction of sp³-hybridized carbons (Fsp3) is 0.400. The molecule has 2 amide bonds. The summed E-state index contributed by atoms with van der Waals surface area (Å²) < 4.78 is 29.5. The van der Waals surface area contributed by atoms with Gasteiger partial charge in [-0.25, -0.2) is 13.8 Å². The summed E-state index contributed by atoms with van der Waals surface area (Å²) in [5.74, 6) is -3.34. The number of imidazole rings is 1. The maximum Gasteiger partial charge on any atom is 0.266 e. The van der Waals surface area contributed by atoms with E-state index in [0.29, 0.717) is 44.0 Å². The molecule has 2 aromatic carbocycles. The van der Waals surface area contributed by atoms with Crippen LogP contribution in [0.15, 0.2) is 24.3 Å². The van der Waals surface area contributed by atoms with Crippen LogP contribution in [0.5, 0.6) is 0 Å². The van der Waals surface area contributed by atoms with Gasteiger partial charge in [0.2, 0.25) is 11.9 Å². The number of carbonyl (C=O) groups excluding carboxylic acids is 2. The Morgan fingerprint density at radius 1 is 1.22 bits per heavy atom. The number of amides is 2. The molecule has 0 saturated carbocycles. The van der Waals surface area contributed by atoms with Gasteiger partial charge in [-0.2, -0.15) is 0 Å². The van der Waals surface area contributed by atoms with E-state index in [1.165, 1.54) is 11.0 Å². The molecule has 1 saturated heterocycles. The van der Waals surface area contributed by atoms with Crippen LogP contribution in [0, 0.1) is 5.41 Å². The van der Waals surface area contributed by atoms with Crippen molar-refractivity contribution in [1.29, 1.82) is 0 Å². The van der Waals surface area contributed by atoms with Crippen LogP contribution < -0.4 is 21.3 Å². The van der Waals surface area contributed by atoms with Crippen LogP contribution in [-0.2, 0) is 18.4 Å². The van der Waals surface area contributed by atoms with E-state index in [4.69, 9.17) is 28.9 Å².